The lowest BCUT2D eigenvalue weighted by Gasteiger charge is -2.27. The van der Waals surface area contributed by atoms with Crippen LogP contribution in [0.1, 0.15) is 20.3 Å². The zero-order valence-corrected chi connectivity index (χ0v) is 14.8. The molecule has 0 aromatic carbocycles. The Morgan fingerprint density at radius 3 is 2.71 bits per heavy atom. The Kier molecular flexibility index (Phi) is 7.59. The Labute approximate surface area is 147 Å². The molecular weight excluding hydrogens is 336 g/mol. The maximum atomic E-state index is 12.3. The first kappa shape index (κ1) is 20.3. The van der Waals surface area contributed by atoms with Crippen molar-refractivity contribution in [1.29, 1.82) is 0 Å². The lowest BCUT2D eigenvalue weighted by Crippen LogP contribution is -2.46. The summed E-state index contributed by atoms with van der Waals surface area (Å²) in [5.41, 5.74) is -1.09. The van der Waals surface area contributed by atoms with E-state index in [1.54, 1.807) is 13.8 Å². The van der Waals surface area contributed by atoms with E-state index >= 15 is 0 Å². The van der Waals surface area contributed by atoms with Crippen molar-refractivity contribution in [3.05, 3.63) is 22.5 Å². The Morgan fingerprint density at radius 2 is 2.12 bits per heavy atom. The zero-order valence-electron chi connectivity index (χ0n) is 14.0. The quantitative estimate of drug-likeness (QED) is 0.413. The lowest BCUT2D eigenvalue weighted by atomic mass is 10.1. The van der Waals surface area contributed by atoms with Gasteiger partial charge < -0.3 is 15.5 Å². The van der Waals surface area contributed by atoms with Crippen molar-refractivity contribution >= 4 is 24.0 Å². The number of nitro groups is 1. The Hall–Kier alpha value is -1.71. The van der Waals surface area contributed by atoms with Crippen LogP contribution in [0.15, 0.2) is 12.4 Å². The first-order valence-corrected chi connectivity index (χ1v) is 7.82. The van der Waals surface area contributed by atoms with Gasteiger partial charge >= 0.3 is 5.69 Å². The summed E-state index contributed by atoms with van der Waals surface area (Å²) in [5, 5.41) is 20.8. The topological polar surface area (TPSA) is 105 Å². The van der Waals surface area contributed by atoms with Crippen LogP contribution in [-0.2, 0) is 10.3 Å². The Bertz CT molecular complexity index is 556. The summed E-state index contributed by atoms with van der Waals surface area (Å²) in [7, 11) is 0. The monoisotopic (exact) mass is 360 g/mol. The molecule has 2 rings (SSSR count). The summed E-state index contributed by atoms with van der Waals surface area (Å²) < 4.78 is 1.33. The lowest BCUT2D eigenvalue weighted by molar-refractivity contribution is -0.385. The molecular formula is C14H25ClN6O3. The molecule has 0 unspecified atom stereocenters. The van der Waals surface area contributed by atoms with Crippen molar-refractivity contribution in [3.63, 3.8) is 0 Å². The molecule has 1 amide bonds. The number of piperazine rings is 1. The fraction of sp³-hybridized carbons (Fsp3) is 0.714. The Balaban J connectivity index is 0.00000288. The van der Waals surface area contributed by atoms with E-state index in [0.29, 0.717) is 6.54 Å². The third-order valence-electron chi connectivity index (χ3n) is 4.05. The van der Waals surface area contributed by atoms with Crippen LogP contribution >= 0.6 is 12.4 Å². The van der Waals surface area contributed by atoms with E-state index in [4.69, 9.17) is 0 Å². The maximum absolute atomic E-state index is 12.3. The molecule has 136 valence electrons. The number of carbonyl (C=O) groups is 1. The molecule has 1 fully saturated rings. The van der Waals surface area contributed by atoms with Crippen LogP contribution < -0.4 is 10.6 Å². The van der Waals surface area contributed by atoms with E-state index in [9.17, 15) is 14.9 Å². The number of aromatic nitrogens is 2. The minimum atomic E-state index is -0.969. The van der Waals surface area contributed by atoms with Gasteiger partial charge in [-0.15, -0.1) is 12.4 Å². The second-order valence-electron chi connectivity index (χ2n) is 6.16. The minimum absolute atomic E-state index is 0. The van der Waals surface area contributed by atoms with Crippen LogP contribution in [0, 0.1) is 10.1 Å². The van der Waals surface area contributed by atoms with Crippen molar-refractivity contribution < 1.29 is 9.72 Å². The predicted octanol–water partition coefficient (Wildman–Crippen LogP) is 0.360. The molecule has 24 heavy (non-hydrogen) atoms. The highest BCUT2D eigenvalue weighted by Gasteiger charge is 2.31. The molecule has 2 N–H and O–H groups in total. The predicted molar refractivity (Wildman–Crippen MR) is 92.4 cm³/mol. The van der Waals surface area contributed by atoms with Crippen LogP contribution in [-0.4, -0.2) is 64.8 Å². The van der Waals surface area contributed by atoms with Crippen LogP contribution in [0.2, 0.25) is 0 Å². The molecule has 10 heteroatoms. The first-order valence-electron chi connectivity index (χ1n) is 7.82. The highest BCUT2D eigenvalue weighted by molar-refractivity contribution is 5.85. The molecule has 0 saturated carbocycles. The van der Waals surface area contributed by atoms with E-state index < -0.39 is 10.5 Å². The van der Waals surface area contributed by atoms with Crippen LogP contribution in [0.3, 0.4) is 0 Å². The summed E-state index contributed by atoms with van der Waals surface area (Å²) in [5.74, 6) is -0.198. The molecule has 2 heterocycles. The standard InChI is InChI=1S/C14H24N6O3.ClH/c1-14(2,19-11-12(10-17-19)20(22)23)13(21)16-4-3-7-18-8-5-15-6-9-18;/h10-11,15H,3-9H2,1-2H3,(H,16,21);1H. The number of rotatable bonds is 7. The number of hydrogen-bond acceptors (Lipinski definition) is 6. The maximum Gasteiger partial charge on any atom is 0.307 e. The van der Waals surface area contributed by atoms with Gasteiger partial charge in [-0.05, 0) is 26.8 Å². The van der Waals surface area contributed by atoms with Gasteiger partial charge in [0.15, 0.2) is 0 Å². The third-order valence-corrected chi connectivity index (χ3v) is 4.05. The minimum Gasteiger partial charge on any atom is -0.354 e. The number of carbonyl (C=O) groups excluding carboxylic acids is 1. The SMILES string of the molecule is CC(C)(C(=O)NCCCN1CCNCC1)n1cc([N+](=O)[O-])cn1.Cl. The molecule has 1 aliphatic rings. The van der Waals surface area contributed by atoms with Gasteiger partial charge in [-0.3, -0.25) is 19.6 Å². The number of hydrogen-bond donors (Lipinski definition) is 2. The highest BCUT2D eigenvalue weighted by Crippen LogP contribution is 2.18. The summed E-state index contributed by atoms with van der Waals surface area (Å²) in [6.07, 6.45) is 3.31. The van der Waals surface area contributed by atoms with E-state index in [1.165, 1.54) is 10.9 Å². The average Bonchev–Trinajstić information content (AvgIpc) is 3.03. The zero-order chi connectivity index (χ0) is 16.9. The molecule has 0 bridgehead atoms. The van der Waals surface area contributed by atoms with E-state index in [0.717, 1.165) is 45.3 Å². The van der Waals surface area contributed by atoms with Crippen LogP contribution in [0.5, 0.6) is 0 Å². The number of nitrogens with zero attached hydrogens (tertiary/aromatic N) is 4. The van der Waals surface area contributed by atoms with E-state index in [1.807, 2.05) is 0 Å². The fourth-order valence-corrected chi connectivity index (χ4v) is 2.47. The van der Waals surface area contributed by atoms with E-state index in [-0.39, 0.29) is 24.0 Å². The molecule has 0 radical (unpaired) electrons. The molecule has 1 aromatic heterocycles. The van der Waals surface area contributed by atoms with Crippen molar-refractivity contribution in [3.8, 4) is 0 Å². The van der Waals surface area contributed by atoms with Crippen molar-refractivity contribution in [2.45, 2.75) is 25.8 Å². The van der Waals surface area contributed by atoms with E-state index in [2.05, 4.69) is 20.6 Å². The summed E-state index contributed by atoms with van der Waals surface area (Å²) >= 11 is 0. The van der Waals surface area contributed by atoms with Gasteiger partial charge in [0.1, 0.15) is 17.9 Å². The van der Waals surface area contributed by atoms with Gasteiger partial charge in [0.05, 0.1) is 4.92 Å². The molecule has 1 aromatic rings. The Morgan fingerprint density at radius 1 is 1.46 bits per heavy atom. The summed E-state index contributed by atoms with van der Waals surface area (Å²) in [6, 6.07) is 0. The summed E-state index contributed by atoms with van der Waals surface area (Å²) in [4.78, 5) is 24.9. The highest BCUT2D eigenvalue weighted by atomic mass is 35.5. The van der Waals surface area contributed by atoms with Gasteiger partial charge in [0, 0.05) is 32.7 Å². The summed E-state index contributed by atoms with van der Waals surface area (Å²) in [6.45, 7) is 9.01. The number of nitrogens with one attached hydrogen (secondary N) is 2. The number of halogens is 1. The van der Waals surface area contributed by atoms with Gasteiger partial charge in [-0.1, -0.05) is 0 Å². The molecule has 1 aliphatic heterocycles. The second kappa shape index (κ2) is 8.95. The van der Waals surface area contributed by atoms with Gasteiger partial charge in [0.2, 0.25) is 5.91 Å². The van der Waals surface area contributed by atoms with Gasteiger partial charge in [-0.25, -0.2) is 0 Å². The van der Waals surface area contributed by atoms with Crippen LogP contribution in [0.25, 0.3) is 0 Å². The third kappa shape index (κ3) is 5.15. The fourth-order valence-electron chi connectivity index (χ4n) is 2.47. The second-order valence-corrected chi connectivity index (χ2v) is 6.16. The van der Waals surface area contributed by atoms with Crippen molar-refractivity contribution in [2.24, 2.45) is 0 Å². The van der Waals surface area contributed by atoms with Gasteiger partial charge in [0.25, 0.3) is 0 Å². The smallest absolute Gasteiger partial charge is 0.307 e. The molecule has 9 nitrogen and oxygen atoms in total. The van der Waals surface area contributed by atoms with Crippen LogP contribution in [0.4, 0.5) is 5.69 Å². The normalized spacial score (nSPS) is 15.6. The molecule has 0 spiro atoms. The number of amides is 1. The van der Waals surface area contributed by atoms with Crippen molar-refractivity contribution in [2.75, 3.05) is 39.3 Å². The van der Waals surface area contributed by atoms with Gasteiger partial charge in [-0.2, -0.15) is 5.10 Å². The molecule has 1 saturated heterocycles. The molecule has 0 aliphatic carbocycles. The average molecular weight is 361 g/mol. The first-order chi connectivity index (χ1) is 10.9. The molecule has 0 atom stereocenters. The van der Waals surface area contributed by atoms with Crippen molar-refractivity contribution in [1.82, 2.24) is 25.3 Å². The largest absolute Gasteiger partial charge is 0.354 e.